The van der Waals surface area contributed by atoms with E-state index in [-0.39, 0.29) is 0 Å². The fourth-order valence-corrected chi connectivity index (χ4v) is 4.25. The van der Waals surface area contributed by atoms with Gasteiger partial charge in [0.05, 0.1) is 13.2 Å². The van der Waals surface area contributed by atoms with Crippen molar-refractivity contribution in [3.63, 3.8) is 0 Å². The maximum Gasteiger partial charge on any atom is 0.249 e. The van der Waals surface area contributed by atoms with Gasteiger partial charge in [0, 0.05) is 37.8 Å². The van der Waals surface area contributed by atoms with E-state index in [2.05, 4.69) is 11.0 Å². The first kappa shape index (κ1) is 16.0. The van der Waals surface area contributed by atoms with Gasteiger partial charge in [-0.05, 0) is 50.9 Å². The lowest BCUT2D eigenvalue weighted by molar-refractivity contribution is -0.135. The number of hydrogen-bond donors (Lipinski definition) is 0. The van der Waals surface area contributed by atoms with Crippen LogP contribution in [0.15, 0.2) is 11.6 Å². The van der Waals surface area contributed by atoms with Gasteiger partial charge in [-0.3, -0.25) is 4.79 Å². The van der Waals surface area contributed by atoms with E-state index < -0.39 is 0 Å². The number of rotatable bonds is 4. The molecule has 1 atom stereocenters. The molecule has 0 bridgehead atoms. The highest BCUT2D eigenvalue weighted by Gasteiger charge is 2.44. The van der Waals surface area contributed by atoms with Crippen molar-refractivity contribution in [3.05, 3.63) is 11.6 Å². The number of piperidine rings is 1. The van der Waals surface area contributed by atoms with Crippen LogP contribution in [0.3, 0.4) is 0 Å². The van der Waals surface area contributed by atoms with Crippen LogP contribution in [0, 0.1) is 11.3 Å². The summed E-state index contributed by atoms with van der Waals surface area (Å²) in [5, 5.41) is 0. The number of likely N-dealkylation sites (tertiary alicyclic amines) is 1. The molecule has 0 aromatic heterocycles. The van der Waals surface area contributed by atoms with E-state index in [1.54, 1.807) is 0 Å². The van der Waals surface area contributed by atoms with Gasteiger partial charge in [-0.1, -0.05) is 6.08 Å². The Labute approximate surface area is 133 Å². The zero-order chi connectivity index (χ0) is 15.4. The van der Waals surface area contributed by atoms with Crippen molar-refractivity contribution in [3.8, 4) is 0 Å². The summed E-state index contributed by atoms with van der Waals surface area (Å²) in [6, 6.07) is 0. The molecule has 0 saturated carbocycles. The molecule has 124 valence electrons. The van der Waals surface area contributed by atoms with Crippen LogP contribution in [0.2, 0.25) is 0 Å². The molecule has 0 radical (unpaired) electrons. The summed E-state index contributed by atoms with van der Waals surface area (Å²) in [6.07, 6.45) is 8.66. The summed E-state index contributed by atoms with van der Waals surface area (Å²) in [7, 11) is 0. The van der Waals surface area contributed by atoms with Gasteiger partial charge in [0.15, 0.2) is 0 Å². The SMILES string of the molecule is CCOC[C@@H]1COCCC12CCN(C(=O)C1=CCCC1)CC2. The smallest absolute Gasteiger partial charge is 0.249 e. The normalized spacial score (nSPS) is 28.0. The fourth-order valence-electron chi connectivity index (χ4n) is 4.25. The molecular weight excluding hydrogens is 278 g/mol. The molecule has 2 aliphatic heterocycles. The second-order valence-corrected chi connectivity index (χ2v) is 6.96. The Bertz CT molecular complexity index is 424. The number of hydrogen-bond acceptors (Lipinski definition) is 3. The van der Waals surface area contributed by atoms with Crippen molar-refractivity contribution in [2.75, 3.05) is 39.5 Å². The van der Waals surface area contributed by atoms with Gasteiger partial charge in [-0.15, -0.1) is 0 Å². The minimum absolute atomic E-state index is 0.292. The van der Waals surface area contributed by atoms with Crippen LogP contribution in [0.5, 0.6) is 0 Å². The third-order valence-corrected chi connectivity index (χ3v) is 5.81. The zero-order valence-corrected chi connectivity index (χ0v) is 13.8. The average Bonchev–Trinajstić information content (AvgIpc) is 3.09. The Morgan fingerprint density at radius 2 is 2.23 bits per heavy atom. The van der Waals surface area contributed by atoms with Crippen LogP contribution in [-0.2, 0) is 14.3 Å². The van der Waals surface area contributed by atoms with E-state index in [9.17, 15) is 4.79 Å². The number of amides is 1. The van der Waals surface area contributed by atoms with Crippen molar-refractivity contribution in [2.45, 2.75) is 45.4 Å². The molecule has 1 spiro atoms. The average molecular weight is 307 g/mol. The first-order chi connectivity index (χ1) is 10.7. The van der Waals surface area contributed by atoms with E-state index in [1.807, 2.05) is 6.92 Å². The predicted octanol–water partition coefficient (Wildman–Crippen LogP) is 2.78. The van der Waals surface area contributed by atoms with Gasteiger partial charge in [0.2, 0.25) is 5.91 Å². The molecule has 0 aromatic rings. The van der Waals surface area contributed by atoms with Crippen molar-refractivity contribution >= 4 is 5.91 Å². The Balaban J connectivity index is 1.60. The molecule has 2 saturated heterocycles. The van der Waals surface area contributed by atoms with Crippen molar-refractivity contribution in [1.29, 1.82) is 0 Å². The van der Waals surface area contributed by atoms with Crippen LogP contribution in [0.1, 0.15) is 45.4 Å². The lowest BCUT2D eigenvalue weighted by atomic mass is 9.66. The summed E-state index contributed by atoms with van der Waals surface area (Å²) in [5.41, 5.74) is 1.38. The number of carbonyl (C=O) groups excluding carboxylic acids is 1. The van der Waals surface area contributed by atoms with E-state index in [0.717, 1.165) is 83.6 Å². The van der Waals surface area contributed by atoms with Crippen molar-refractivity contribution in [1.82, 2.24) is 4.90 Å². The third-order valence-electron chi connectivity index (χ3n) is 5.81. The number of nitrogens with zero attached hydrogens (tertiary/aromatic N) is 1. The quantitative estimate of drug-likeness (QED) is 0.801. The minimum Gasteiger partial charge on any atom is -0.381 e. The molecule has 4 heteroatoms. The van der Waals surface area contributed by atoms with Crippen LogP contribution >= 0.6 is 0 Å². The summed E-state index contributed by atoms with van der Waals surface area (Å²) in [4.78, 5) is 14.6. The van der Waals surface area contributed by atoms with Gasteiger partial charge < -0.3 is 14.4 Å². The fraction of sp³-hybridized carbons (Fsp3) is 0.833. The number of ether oxygens (including phenoxy) is 2. The van der Waals surface area contributed by atoms with E-state index in [4.69, 9.17) is 9.47 Å². The van der Waals surface area contributed by atoms with Crippen LogP contribution < -0.4 is 0 Å². The zero-order valence-electron chi connectivity index (χ0n) is 13.8. The lowest BCUT2D eigenvalue weighted by Crippen LogP contribution is -2.50. The second kappa shape index (κ2) is 7.14. The standard InChI is InChI=1S/C18H29NO3/c1-2-21-13-16-14-22-12-9-18(16)7-10-19(11-8-18)17(20)15-5-3-4-6-15/h5,16H,2-4,6-14H2,1H3/t16-/m1/s1. The number of carbonyl (C=O) groups is 1. The van der Waals surface area contributed by atoms with Crippen LogP contribution in [-0.4, -0.2) is 50.3 Å². The van der Waals surface area contributed by atoms with Gasteiger partial charge in [-0.2, -0.15) is 0 Å². The molecule has 2 heterocycles. The Morgan fingerprint density at radius 1 is 1.41 bits per heavy atom. The molecule has 22 heavy (non-hydrogen) atoms. The molecule has 1 amide bonds. The number of allylic oxidation sites excluding steroid dienone is 1. The Hall–Kier alpha value is -0.870. The molecule has 0 aromatic carbocycles. The minimum atomic E-state index is 0.292. The van der Waals surface area contributed by atoms with E-state index in [1.165, 1.54) is 0 Å². The Kier molecular flexibility index (Phi) is 5.19. The maximum absolute atomic E-state index is 12.5. The molecule has 1 aliphatic carbocycles. The van der Waals surface area contributed by atoms with Crippen molar-refractivity contribution in [2.24, 2.45) is 11.3 Å². The largest absolute Gasteiger partial charge is 0.381 e. The highest BCUT2D eigenvalue weighted by molar-refractivity contribution is 5.93. The van der Waals surface area contributed by atoms with Crippen molar-refractivity contribution < 1.29 is 14.3 Å². The van der Waals surface area contributed by atoms with Crippen LogP contribution in [0.4, 0.5) is 0 Å². The molecule has 2 fully saturated rings. The highest BCUT2D eigenvalue weighted by Crippen LogP contribution is 2.45. The summed E-state index contributed by atoms with van der Waals surface area (Å²) in [5.74, 6) is 0.782. The van der Waals surface area contributed by atoms with Gasteiger partial charge >= 0.3 is 0 Å². The third kappa shape index (κ3) is 3.23. The summed E-state index contributed by atoms with van der Waals surface area (Å²) in [6.45, 7) is 7.10. The summed E-state index contributed by atoms with van der Waals surface area (Å²) >= 11 is 0. The van der Waals surface area contributed by atoms with E-state index in [0.29, 0.717) is 17.2 Å². The molecule has 3 rings (SSSR count). The first-order valence-electron chi connectivity index (χ1n) is 8.89. The van der Waals surface area contributed by atoms with Crippen LogP contribution in [0.25, 0.3) is 0 Å². The maximum atomic E-state index is 12.5. The molecule has 4 nitrogen and oxygen atoms in total. The molecular formula is C18H29NO3. The van der Waals surface area contributed by atoms with Gasteiger partial charge in [-0.25, -0.2) is 0 Å². The molecule has 0 N–H and O–H groups in total. The van der Waals surface area contributed by atoms with Gasteiger partial charge in [0.1, 0.15) is 0 Å². The molecule has 0 unspecified atom stereocenters. The lowest BCUT2D eigenvalue weighted by Gasteiger charge is -2.49. The molecule has 3 aliphatic rings. The topological polar surface area (TPSA) is 38.8 Å². The highest BCUT2D eigenvalue weighted by atomic mass is 16.5. The second-order valence-electron chi connectivity index (χ2n) is 6.96. The first-order valence-corrected chi connectivity index (χ1v) is 8.89. The van der Waals surface area contributed by atoms with Gasteiger partial charge in [0.25, 0.3) is 0 Å². The predicted molar refractivity (Wildman–Crippen MR) is 85.6 cm³/mol. The van der Waals surface area contributed by atoms with E-state index >= 15 is 0 Å². The monoisotopic (exact) mass is 307 g/mol. The Morgan fingerprint density at radius 3 is 2.91 bits per heavy atom. The summed E-state index contributed by atoms with van der Waals surface area (Å²) < 4.78 is 11.4.